The summed E-state index contributed by atoms with van der Waals surface area (Å²) in [5.74, 6) is 0. The average Bonchev–Trinajstić information content (AvgIpc) is 2.01. The molecule has 0 saturated carbocycles. The van der Waals surface area contributed by atoms with Crippen molar-refractivity contribution >= 4 is 34.2 Å². The average molecular weight is 197 g/mol. The van der Waals surface area contributed by atoms with Crippen molar-refractivity contribution in [3.63, 3.8) is 0 Å². The first-order chi connectivity index (χ1) is 5.68. The van der Waals surface area contributed by atoms with Crippen LogP contribution in [0.1, 0.15) is 11.1 Å². The third-order valence-corrected chi connectivity index (χ3v) is 1.71. The summed E-state index contributed by atoms with van der Waals surface area (Å²) in [6, 6.07) is 8.15. The lowest BCUT2D eigenvalue weighted by Gasteiger charge is -1.93. The molecule has 1 aromatic rings. The summed E-state index contributed by atoms with van der Waals surface area (Å²) in [6.45, 7) is 2.05. The first-order valence-corrected chi connectivity index (χ1v) is 4.41. The van der Waals surface area contributed by atoms with Gasteiger partial charge in [-0.15, -0.1) is 0 Å². The molecule has 0 aliphatic heterocycles. The van der Waals surface area contributed by atoms with Gasteiger partial charge in [0.1, 0.15) is 4.32 Å². The molecular formula is C10H9ClS. The summed E-state index contributed by atoms with van der Waals surface area (Å²) >= 11 is 10.2. The van der Waals surface area contributed by atoms with Crippen LogP contribution in [0, 0.1) is 6.92 Å². The minimum absolute atomic E-state index is 0.386. The van der Waals surface area contributed by atoms with Gasteiger partial charge in [0.25, 0.3) is 0 Å². The molecule has 0 fully saturated rings. The highest BCUT2D eigenvalue weighted by Crippen LogP contribution is 2.06. The van der Waals surface area contributed by atoms with Gasteiger partial charge in [-0.05, 0) is 18.6 Å². The first kappa shape index (κ1) is 9.43. The van der Waals surface area contributed by atoms with E-state index in [-0.39, 0.29) is 0 Å². The molecule has 0 aliphatic rings. The highest BCUT2D eigenvalue weighted by molar-refractivity contribution is 7.83. The maximum Gasteiger partial charge on any atom is 0.103 e. The zero-order valence-electron chi connectivity index (χ0n) is 6.75. The number of halogens is 1. The number of hydrogen-bond donors (Lipinski definition) is 0. The third-order valence-electron chi connectivity index (χ3n) is 1.45. The van der Waals surface area contributed by atoms with E-state index >= 15 is 0 Å². The van der Waals surface area contributed by atoms with Crippen LogP contribution in [0.3, 0.4) is 0 Å². The predicted octanol–water partition coefficient (Wildman–Crippen LogP) is 3.57. The molecule has 0 bridgehead atoms. The van der Waals surface area contributed by atoms with Crippen molar-refractivity contribution in [3.8, 4) is 0 Å². The van der Waals surface area contributed by atoms with Gasteiger partial charge in [0, 0.05) is 0 Å². The summed E-state index contributed by atoms with van der Waals surface area (Å²) in [7, 11) is 0. The highest BCUT2D eigenvalue weighted by Gasteiger charge is 1.87. The number of rotatable bonds is 2. The molecule has 12 heavy (non-hydrogen) atoms. The van der Waals surface area contributed by atoms with Crippen molar-refractivity contribution in [3.05, 3.63) is 41.5 Å². The monoisotopic (exact) mass is 196 g/mol. The minimum atomic E-state index is 0.386. The second-order valence-electron chi connectivity index (χ2n) is 2.55. The van der Waals surface area contributed by atoms with Crippen LogP contribution in [0.25, 0.3) is 6.08 Å². The van der Waals surface area contributed by atoms with E-state index in [1.807, 2.05) is 18.2 Å². The van der Waals surface area contributed by atoms with Crippen molar-refractivity contribution in [2.45, 2.75) is 6.92 Å². The molecule has 0 saturated heterocycles. The number of aryl methyl sites for hydroxylation is 1. The van der Waals surface area contributed by atoms with E-state index in [9.17, 15) is 0 Å². The molecule has 0 aliphatic carbocycles. The second kappa shape index (κ2) is 4.39. The third kappa shape index (κ3) is 3.16. The molecule has 0 heterocycles. The number of allylic oxidation sites excluding steroid dienone is 1. The van der Waals surface area contributed by atoms with Crippen LogP contribution in [-0.4, -0.2) is 4.32 Å². The Balaban J connectivity index is 2.83. The SMILES string of the molecule is Cc1cccc(C=CC(=S)Cl)c1. The van der Waals surface area contributed by atoms with E-state index in [0.717, 1.165) is 5.56 Å². The maximum absolute atomic E-state index is 5.51. The van der Waals surface area contributed by atoms with Crippen molar-refractivity contribution in [2.75, 3.05) is 0 Å². The van der Waals surface area contributed by atoms with Crippen molar-refractivity contribution < 1.29 is 0 Å². The van der Waals surface area contributed by atoms with Crippen LogP contribution in [0.2, 0.25) is 0 Å². The van der Waals surface area contributed by atoms with Crippen LogP contribution < -0.4 is 0 Å². The van der Waals surface area contributed by atoms with Crippen molar-refractivity contribution in [2.24, 2.45) is 0 Å². The molecule has 0 N–H and O–H groups in total. The Morgan fingerprint density at radius 3 is 2.83 bits per heavy atom. The quantitative estimate of drug-likeness (QED) is 0.396. The molecular weight excluding hydrogens is 188 g/mol. The highest BCUT2D eigenvalue weighted by atomic mass is 35.5. The van der Waals surface area contributed by atoms with Gasteiger partial charge in [0.05, 0.1) is 0 Å². The topological polar surface area (TPSA) is 0 Å². The Hall–Kier alpha value is -0.660. The predicted molar refractivity (Wildman–Crippen MR) is 58.7 cm³/mol. The van der Waals surface area contributed by atoms with E-state index in [1.54, 1.807) is 6.08 Å². The summed E-state index contributed by atoms with van der Waals surface area (Å²) in [4.78, 5) is 0. The van der Waals surface area contributed by atoms with E-state index < -0.39 is 0 Å². The summed E-state index contributed by atoms with van der Waals surface area (Å²) in [5, 5.41) is 0. The van der Waals surface area contributed by atoms with E-state index in [0.29, 0.717) is 4.32 Å². The van der Waals surface area contributed by atoms with Gasteiger partial charge in [-0.3, -0.25) is 0 Å². The molecule has 2 heteroatoms. The Kier molecular flexibility index (Phi) is 3.45. The van der Waals surface area contributed by atoms with Crippen LogP contribution in [0.5, 0.6) is 0 Å². The maximum atomic E-state index is 5.51. The molecule has 0 spiro atoms. The van der Waals surface area contributed by atoms with Crippen LogP contribution in [-0.2, 0) is 0 Å². The molecule has 1 aromatic carbocycles. The zero-order chi connectivity index (χ0) is 8.97. The number of hydrogen-bond acceptors (Lipinski definition) is 1. The van der Waals surface area contributed by atoms with Gasteiger partial charge in [-0.25, -0.2) is 0 Å². The second-order valence-corrected chi connectivity index (χ2v) is 3.62. The Morgan fingerprint density at radius 1 is 1.50 bits per heavy atom. The van der Waals surface area contributed by atoms with E-state index in [4.69, 9.17) is 23.8 Å². The van der Waals surface area contributed by atoms with E-state index in [2.05, 4.69) is 19.1 Å². The summed E-state index contributed by atoms with van der Waals surface area (Å²) < 4.78 is 0.386. The molecule has 0 atom stereocenters. The van der Waals surface area contributed by atoms with Gasteiger partial charge in [-0.1, -0.05) is 59.7 Å². The minimum Gasteiger partial charge on any atom is -0.0716 e. The lowest BCUT2D eigenvalue weighted by atomic mass is 10.1. The molecule has 0 amide bonds. The van der Waals surface area contributed by atoms with Crippen LogP contribution >= 0.6 is 23.8 Å². The Bertz CT molecular complexity index is 315. The van der Waals surface area contributed by atoms with Gasteiger partial charge >= 0.3 is 0 Å². The fourth-order valence-corrected chi connectivity index (χ4v) is 1.07. The molecule has 1 rings (SSSR count). The van der Waals surface area contributed by atoms with Gasteiger partial charge < -0.3 is 0 Å². The van der Waals surface area contributed by atoms with Crippen molar-refractivity contribution in [1.82, 2.24) is 0 Å². The summed E-state index contributed by atoms with van der Waals surface area (Å²) in [6.07, 6.45) is 3.62. The normalized spacial score (nSPS) is 10.5. The summed E-state index contributed by atoms with van der Waals surface area (Å²) in [5.41, 5.74) is 2.36. The molecule has 62 valence electrons. The zero-order valence-corrected chi connectivity index (χ0v) is 8.32. The van der Waals surface area contributed by atoms with Crippen LogP contribution in [0.4, 0.5) is 0 Å². The van der Waals surface area contributed by atoms with Gasteiger partial charge in [0.2, 0.25) is 0 Å². The fraction of sp³-hybridized carbons (Fsp3) is 0.100. The molecule has 0 radical (unpaired) electrons. The molecule has 0 aromatic heterocycles. The fourth-order valence-electron chi connectivity index (χ4n) is 0.936. The smallest absolute Gasteiger partial charge is 0.0716 e. The van der Waals surface area contributed by atoms with E-state index in [1.165, 1.54) is 5.56 Å². The lowest BCUT2D eigenvalue weighted by molar-refractivity contribution is 1.46. The first-order valence-electron chi connectivity index (χ1n) is 3.63. The Morgan fingerprint density at radius 2 is 2.25 bits per heavy atom. The van der Waals surface area contributed by atoms with Crippen LogP contribution in [0.15, 0.2) is 30.3 Å². The molecule has 0 unspecified atom stereocenters. The number of thiocarbonyl (C=S) groups is 1. The standard InChI is InChI=1S/C10H9ClS/c1-8-3-2-4-9(7-8)5-6-10(11)12/h2-7H,1H3. The lowest BCUT2D eigenvalue weighted by Crippen LogP contribution is -1.76. The number of benzene rings is 1. The largest absolute Gasteiger partial charge is 0.103 e. The molecule has 0 nitrogen and oxygen atoms in total. The Labute approximate surface area is 82.9 Å². The van der Waals surface area contributed by atoms with Gasteiger partial charge in [-0.2, -0.15) is 0 Å². The van der Waals surface area contributed by atoms with Gasteiger partial charge in [0.15, 0.2) is 0 Å². The van der Waals surface area contributed by atoms with Crippen molar-refractivity contribution in [1.29, 1.82) is 0 Å².